The summed E-state index contributed by atoms with van der Waals surface area (Å²) in [7, 11) is -0.924. The van der Waals surface area contributed by atoms with Crippen LogP contribution in [0.3, 0.4) is 0 Å². The summed E-state index contributed by atoms with van der Waals surface area (Å²) in [6, 6.07) is 10.2. The normalized spacial score (nSPS) is 20.7. The Morgan fingerprint density at radius 2 is 1.79 bits per heavy atom. The van der Waals surface area contributed by atoms with E-state index >= 15 is 0 Å². The average Bonchev–Trinajstić information content (AvgIpc) is 3.13. The first kappa shape index (κ1) is 21.5. The summed E-state index contributed by atoms with van der Waals surface area (Å²) in [6.45, 7) is 6.40. The van der Waals surface area contributed by atoms with Crippen LogP contribution in [0.15, 0.2) is 45.9 Å². The summed E-state index contributed by atoms with van der Waals surface area (Å²) in [5.41, 5.74) is 1.63. The van der Waals surface area contributed by atoms with Gasteiger partial charge in [-0.2, -0.15) is 0 Å². The Hall–Kier alpha value is -2.20. The number of nitrogens with zero attached hydrogens (tertiary/aromatic N) is 2. The molecule has 29 heavy (non-hydrogen) atoms. The maximum atomic E-state index is 12.6. The molecule has 8 nitrogen and oxygen atoms in total. The molecule has 158 valence electrons. The van der Waals surface area contributed by atoms with Crippen molar-refractivity contribution in [2.45, 2.75) is 37.7 Å². The van der Waals surface area contributed by atoms with Crippen molar-refractivity contribution in [3.05, 3.63) is 47.7 Å². The molecule has 0 radical (unpaired) electrons. The van der Waals surface area contributed by atoms with Crippen LogP contribution in [0, 0.1) is 0 Å². The number of ether oxygens (including phenoxy) is 1. The van der Waals surface area contributed by atoms with E-state index in [0.717, 1.165) is 23.0 Å². The number of sulfonamides is 1. The molecule has 1 aromatic carbocycles. The summed E-state index contributed by atoms with van der Waals surface area (Å²) in [5.74, 6) is -0.560. The molecule has 2 unspecified atom stereocenters. The van der Waals surface area contributed by atoms with Crippen LogP contribution < -0.4 is 5.32 Å². The molecule has 1 aliphatic rings. The van der Waals surface area contributed by atoms with Crippen LogP contribution in [-0.2, 0) is 21.3 Å². The van der Waals surface area contributed by atoms with Gasteiger partial charge in [-0.25, -0.2) is 12.7 Å². The molecule has 2 atom stereocenters. The van der Waals surface area contributed by atoms with E-state index in [1.54, 1.807) is 0 Å². The maximum absolute atomic E-state index is 12.6. The minimum atomic E-state index is -3.73. The maximum Gasteiger partial charge on any atom is 0.291 e. The highest BCUT2D eigenvalue weighted by atomic mass is 32.2. The van der Waals surface area contributed by atoms with Crippen LogP contribution in [0.4, 0.5) is 5.69 Å². The average molecular weight is 422 g/mol. The Morgan fingerprint density at radius 3 is 2.45 bits per heavy atom. The summed E-state index contributed by atoms with van der Waals surface area (Å²) in [6.07, 6.45) is 0.307. The van der Waals surface area contributed by atoms with Gasteiger partial charge in [-0.3, -0.25) is 9.69 Å². The lowest BCUT2D eigenvalue weighted by atomic mass is 10.1. The van der Waals surface area contributed by atoms with Gasteiger partial charge in [-0.1, -0.05) is 18.2 Å². The van der Waals surface area contributed by atoms with Crippen LogP contribution in [0.25, 0.3) is 0 Å². The van der Waals surface area contributed by atoms with E-state index in [9.17, 15) is 13.2 Å². The number of furan rings is 1. The van der Waals surface area contributed by atoms with Gasteiger partial charge in [0.2, 0.25) is 5.09 Å². The topological polar surface area (TPSA) is 92.1 Å². The van der Waals surface area contributed by atoms with E-state index in [0.29, 0.717) is 12.2 Å². The minimum Gasteiger partial charge on any atom is -0.438 e. The summed E-state index contributed by atoms with van der Waals surface area (Å²) < 4.78 is 36.4. The molecule has 9 heteroatoms. The van der Waals surface area contributed by atoms with E-state index in [-0.39, 0.29) is 23.1 Å². The van der Waals surface area contributed by atoms with Crippen molar-refractivity contribution in [1.82, 2.24) is 9.21 Å². The third kappa shape index (κ3) is 5.05. The van der Waals surface area contributed by atoms with E-state index in [4.69, 9.17) is 9.15 Å². The van der Waals surface area contributed by atoms with Gasteiger partial charge in [0.25, 0.3) is 15.9 Å². The van der Waals surface area contributed by atoms with Gasteiger partial charge < -0.3 is 14.5 Å². The number of rotatable bonds is 6. The van der Waals surface area contributed by atoms with Gasteiger partial charge in [-0.15, -0.1) is 0 Å². The van der Waals surface area contributed by atoms with Crippen molar-refractivity contribution < 1.29 is 22.4 Å². The quantitative estimate of drug-likeness (QED) is 0.770. The zero-order chi connectivity index (χ0) is 21.2. The van der Waals surface area contributed by atoms with E-state index in [2.05, 4.69) is 10.2 Å². The van der Waals surface area contributed by atoms with Crippen LogP contribution in [0.2, 0.25) is 0 Å². The van der Waals surface area contributed by atoms with Crippen molar-refractivity contribution >= 4 is 21.6 Å². The molecule has 1 amide bonds. The number of hydrogen-bond donors (Lipinski definition) is 1. The molecule has 0 spiro atoms. The Kier molecular flexibility index (Phi) is 6.42. The fraction of sp³-hybridized carbons (Fsp3) is 0.450. The summed E-state index contributed by atoms with van der Waals surface area (Å²) in [5, 5.41) is 2.57. The Labute approximate surface area is 171 Å². The highest BCUT2D eigenvalue weighted by molar-refractivity contribution is 7.88. The molecule has 1 fully saturated rings. The predicted octanol–water partition coefficient (Wildman–Crippen LogP) is 2.39. The Morgan fingerprint density at radius 1 is 1.14 bits per heavy atom. The largest absolute Gasteiger partial charge is 0.438 e. The van der Waals surface area contributed by atoms with Gasteiger partial charge in [0.1, 0.15) is 0 Å². The number of amides is 1. The molecule has 1 aliphatic heterocycles. The molecule has 0 saturated carbocycles. The van der Waals surface area contributed by atoms with Crippen molar-refractivity contribution in [2.24, 2.45) is 0 Å². The zero-order valence-corrected chi connectivity index (χ0v) is 17.9. The first-order chi connectivity index (χ1) is 13.7. The molecule has 0 bridgehead atoms. The molecular weight excluding hydrogens is 394 g/mol. The standard InChI is InChI=1S/C20H27N3O5S/c1-14-11-23(12-15(2)27-14)13-16-7-5-6-8-17(16)21-20(24)18-9-10-19(28-18)29(25,26)22(3)4/h5-10,14-15H,11-13H2,1-4H3,(H,21,24). The van der Waals surface area contributed by atoms with E-state index in [1.807, 2.05) is 38.1 Å². The second-order valence-corrected chi connectivity index (χ2v) is 9.55. The Balaban J connectivity index is 1.74. The van der Waals surface area contributed by atoms with Crippen LogP contribution in [-0.4, -0.2) is 62.9 Å². The molecule has 1 aromatic heterocycles. The first-order valence-electron chi connectivity index (χ1n) is 9.46. The number of anilines is 1. The highest BCUT2D eigenvalue weighted by Crippen LogP contribution is 2.22. The monoisotopic (exact) mass is 421 g/mol. The van der Waals surface area contributed by atoms with Gasteiger partial charge in [-0.05, 0) is 37.6 Å². The molecular formula is C20H27N3O5S. The van der Waals surface area contributed by atoms with Gasteiger partial charge in [0, 0.05) is 39.4 Å². The van der Waals surface area contributed by atoms with Gasteiger partial charge in [0.15, 0.2) is 5.76 Å². The SMILES string of the molecule is CC1CN(Cc2ccccc2NC(=O)c2ccc(S(=O)(=O)N(C)C)o2)CC(C)O1. The molecule has 1 saturated heterocycles. The lowest BCUT2D eigenvalue weighted by Crippen LogP contribution is -2.44. The number of benzene rings is 1. The number of hydrogen-bond acceptors (Lipinski definition) is 6. The lowest BCUT2D eigenvalue weighted by molar-refractivity contribution is -0.0704. The smallest absolute Gasteiger partial charge is 0.291 e. The molecule has 1 N–H and O–H groups in total. The fourth-order valence-corrected chi connectivity index (χ4v) is 4.17. The number of para-hydroxylation sites is 1. The third-order valence-corrected chi connectivity index (χ3v) is 6.38. The van der Waals surface area contributed by atoms with Crippen molar-refractivity contribution in [1.29, 1.82) is 0 Å². The van der Waals surface area contributed by atoms with Crippen LogP contribution in [0.1, 0.15) is 30.0 Å². The van der Waals surface area contributed by atoms with Crippen LogP contribution >= 0.6 is 0 Å². The number of carbonyl (C=O) groups is 1. The van der Waals surface area contributed by atoms with Crippen LogP contribution in [0.5, 0.6) is 0 Å². The predicted molar refractivity (Wildman–Crippen MR) is 109 cm³/mol. The Bertz CT molecular complexity index is 960. The van der Waals surface area contributed by atoms with Crippen molar-refractivity contribution in [2.75, 3.05) is 32.5 Å². The number of morpholine rings is 1. The minimum absolute atomic E-state index is 0.0613. The zero-order valence-electron chi connectivity index (χ0n) is 17.1. The van der Waals surface area contributed by atoms with Gasteiger partial charge >= 0.3 is 0 Å². The molecule has 2 heterocycles. The van der Waals surface area contributed by atoms with Crippen molar-refractivity contribution in [3.63, 3.8) is 0 Å². The third-order valence-electron chi connectivity index (χ3n) is 4.69. The first-order valence-corrected chi connectivity index (χ1v) is 10.9. The molecule has 0 aliphatic carbocycles. The van der Waals surface area contributed by atoms with Gasteiger partial charge in [0.05, 0.1) is 12.2 Å². The number of carbonyl (C=O) groups excluding carboxylic acids is 1. The second kappa shape index (κ2) is 8.66. The second-order valence-electron chi connectivity index (χ2n) is 7.47. The van der Waals surface area contributed by atoms with E-state index in [1.165, 1.54) is 26.2 Å². The lowest BCUT2D eigenvalue weighted by Gasteiger charge is -2.35. The summed E-state index contributed by atoms with van der Waals surface area (Å²) >= 11 is 0. The fourth-order valence-electron chi connectivity index (χ4n) is 3.38. The number of nitrogens with one attached hydrogen (secondary N) is 1. The molecule has 3 rings (SSSR count). The summed E-state index contributed by atoms with van der Waals surface area (Å²) in [4.78, 5) is 14.9. The van der Waals surface area contributed by atoms with E-state index < -0.39 is 15.9 Å². The highest BCUT2D eigenvalue weighted by Gasteiger charge is 2.25. The molecule has 2 aromatic rings. The van der Waals surface area contributed by atoms with Crippen molar-refractivity contribution in [3.8, 4) is 0 Å².